The fourth-order valence-electron chi connectivity index (χ4n) is 2.13. The van der Waals surface area contributed by atoms with Gasteiger partial charge in [-0.25, -0.2) is 9.37 Å². The van der Waals surface area contributed by atoms with Gasteiger partial charge in [-0.15, -0.1) is 0 Å². The Balaban J connectivity index is 2.37. The van der Waals surface area contributed by atoms with Gasteiger partial charge in [-0.3, -0.25) is 9.20 Å². The van der Waals surface area contributed by atoms with Gasteiger partial charge in [0, 0.05) is 6.20 Å². The molecule has 4 heteroatoms. The average Bonchev–Trinajstić information content (AvgIpc) is 2.77. The summed E-state index contributed by atoms with van der Waals surface area (Å²) < 4.78 is 15.6. The molecule has 0 radical (unpaired) electrons. The number of carbonyl (C=O) groups is 1. The maximum absolute atomic E-state index is 13.9. The monoisotopic (exact) mass is 254 g/mol. The van der Waals surface area contributed by atoms with Crippen LogP contribution in [0.4, 0.5) is 4.39 Å². The van der Waals surface area contributed by atoms with E-state index in [1.165, 1.54) is 6.07 Å². The minimum Gasteiger partial charge on any atom is -0.299 e. The smallest absolute Gasteiger partial charge is 0.170 e. The summed E-state index contributed by atoms with van der Waals surface area (Å²) in [6, 6.07) is 10.2. The zero-order valence-electron chi connectivity index (χ0n) is 10.3. The van der Waals surface area contributed by atoms with Crippen LogP contribution < -0.4 is 0 Å². The number of hydrogen-bond donors (Lipinski definition) is 0. The van der Waals surface area contributed by atoms with E-state index in [1.807, 2.05) is 19.1 Å². The van der Waals surface area contributed by atoms with E-state index in [-0.39, 0.29) is 5.82 Å². The molecule has 0 atom stereocenters. The van der Waals surface area contributed by atoms with Crippen LogP contribution in [-0.4, -0.2) is 15.7 Å². The average molecular weight is 254 g/mol. The quantitative estimate of drug-likeness (QED) is 0.658. The van der Waals surface area contributed by atoms with Crippen molar-refractivity contribution in [3.8, 4) is 11.4 Å². The highest BCUT2D eigenvalue weighted by Crippen LogP contribution is 2.24. The third-order valence-corrected chi connectivity index (χ3v) is 3.05. The number of halogens is 1. The lowest BCUT2D eigenvalue weighted by Crippen LogP contribution is -1.92. The van der Waals surface area contributed by atoms with Crippen LogP contribution in [0.15, 0.2) is 42.6 Å². The highest BCUT2D eigenvalue weighted by atomic mass is 19.1. The van der Waals surface area contributed by atoms with E-state index in [9.17, 15) is 9.18 Å². The molecule has 3 nitrogen and oxygen atoms in total. The molecule has 0 unspecified atom stereocenters. The summed E-state index contributed by atoms with van der Waals surface area (Å²) in [6.45, 7) is 1.93. The van der Waals surface area contributed by atoms with Crippen molar-refractivity contribution >= 4 is 11.8 Å². The van der Waals surface area contributed by atoms with Crippen molar-refractivity contribution in [1.82, 2.24) is 9.38 Å². The molecule has 0 aliphatic rings. The molecule has 3 aromatic rings. The van der Waals surface area contributed by atoms with Crippen LogP contribution in [0.25, 0.3) is 16.9 Å². The van der Waals surface area contributed by atoms with Crippen molar-refractivity contribution < 1.29 is 9.18 Å². The predicted octanol–water partition coefficient (Wildman–Crippen LogP) is 3.26. The van der Waals surface area contributed by atoms with Crippen molar-refractivity contribution in [3.05, 3.63) is 59.7 Å². The van der Waals surface area contributed by atoms with E-state index in [4.69, 9.17) is 0 Å². The van der Waals surface area contributed by atoms with Crippen LogP contribution in [0, 0.1) is 12.7 Å². The summed E-state index contributed by atoms with van der Waals surface area (Å²) >= 11 is 0. The molecular formula is C15H11FN2O. The van der Waals surface area contributed by atoms with E-state index in [2.05, 4.69) is 4.98 Å². The molecule has 0 saturated heterocycles. The van der Waals surface area contributed by atoms with Gasteiger partial charge in [-0.05, 0) is 36.8 Å². The number of carbonyl (C=O) groups excluding carboxylic acids is 1. The predicted molar refractivity (Wildman–Crippen MR) is 70.7 cm³/mol. The molecule has 0 bridgehead atoms. The highest BCUT2D eigenvalue weighted by molar-refractivity contribution is 5.86. The minimum atomic E-state index is -0.354. The van der Waals surface area contributed by atoms with Crippen LogP contribution in [0.1, 0.15) is 16.1 Å². The maximum Gasteiger partial charge on any atom is 0.170 e. The Morgan fingerprint density at radius 2 is 2.05 bits per heavy atom. The number of imidazole rings is 1. The lowest BCUT2D eigenvalue weighted by atomic mass is 10.2. The zero-order valence-corrected chi connectivity index (χ0v) is 10.3. The number of pyridine rings is 1. The summed E-state index contributed by atoms with van der Waals surface area (Å²) in [5.41, 5.74) is 2.42. The topological polar surface area (TPSA) is 34.4 Å². The number of rotatable bonds is 2. The van der Waals surface area contributed by atoms with E-state index in [0.717, 1.165) is 5.56 Å². The van der Waals surface area contributed by atoms with E-state index < -0.39 is 0 Å². The molecule has 0 spiro atoms. The number of fused-ring (bicyclic) bond motifs is 1. The van der Waals surface area contributed by atoms with Gasteiger partial charge >= 0.3 is 0 Å². The molecule has 1 aromatic carbocycles. The van der Waals surface area contributed by atoms with Crippen LogP contribution in [0.3, 0.4) is 0 Å². The van der Waals surface area contributed by atoms with Crippen molar-refractivity contribution in [1.29, 1.82) is 0 Å². The fourth-order valence-corrected chi connectivity index (χ4v) is 2.13. The van der Waals surface area contributed by atoms with Crippen molar-refractivity contribution in [2.45, 2.75) is 6.92 Å². The summed E-state index contributed by atoms with van der Waals surface area (Å²) in [7, 11) is 0. The Hall–Kier alpha value is -2.49. The molecule has 0 aliphatic heterocycles. The van der Waals surface area contributed by atoms with Gasteiger partial charge in [-0.1, -0.05) is 12.1 Å². The molecule has 0 aliphatic carbocycles. The highest BCUT2D eigenvalue weighted by Gasteiger charge is 2.14. The molecular weight excluding hydrogens is 243 g/mol. The summed E-state index contributed by atoms with van der Waals surface area (Å²) in [6.07, 6.45) is 2.49. The first-order chi connectivity index (χ1) is 9.20. The van der Waals surface area contributed by atoms with Crippen LogP contribution in [0.2, 0.25) is 0 Å². The second-order valence-electron chi connectivity index (χ2n) is 4.38. The third-order valence-electron chi connectivity index (χ3n) is 3.05. The van der Waals surface area contributed by atoms with Crippen LogP contribution >= 0.6 is 0 Å². The molecule has 3 rings (SSSR count). The third kappa shape index (κ3) is 1.81. The SMILES string of the molecule is Cc1ccn2c(-c3ccccc3F)nc(C=O)c2c1. The molecule has 94 valence electrons. The van der Waals surface area contributed by atoms with Crippen molar-refractivity contribution in [2.24, 2.45) is 0 Å². The van der Waals surface area contributed by atoms with E-state index >= 15 is 0 Å². The number of aromatic nitrogens is 2. The van der Waals surface area contributed by atoms with Gasteiger partial charge in [0.05, 0.1) is 11.1 Å². The molecule has 19 heavy (non-hydrogen) atoms. The largest absolute Gasteiger partial charge is 0.299 e. The first-order valence-electron chi connectivity index (χ1n) is 5.89. The first-order valence-corrected chi connectivity index (χ1v) is 5.89. The summed E-state index contributed by atoms with van der Waals surface area (Å²) in [4.78, 5) is 15.3. The second kappa shape index (κ2) is 4.31. The van der Waals surface area contributed by atoms with Gasteiger partial charge in [-0.2, -0.15) is 0 Å². The lowest BCUT2D eigenvalue weighted by molar-refractivity contribution is 0.112. The molecule has 2 aromatic heterocycles. The standard InChI is InChI=1S/C15H11FN2O/c1-10-6-7-18-14(8-10)13(9-19)17-15(18)11-4-2-3-5-12(11)16/h2-9H,1H3. The maximum atomic E-state index is 13.9. The summed E-state index contributed by atoms with van der Waals surface area (Å²) in [5.74, 6) is 0.0858. The fraction of sp³-hybridized carbons (Fsp3) is 0.0667. The molecule has 0 amide bonds. The second-order valence-corrected chi connectivity index (χ2v) is 4.38. The van der Waals surface area contributed by atoms with Gasteiger partial charge in [0.15, 0.2) is 6.29 Å². The van der Waals surface area contributed by atoms with E-state index in [1.54, 1.807) is 28.8 Å². The Morgan fingerprint density at radius 3 is 2.79 bits per heavy atom. The molecule has 0 fully saturated rings. The van der Waals surface area contributed by atoms with Gasteiger partial charge < -0.3 is 0 Å². The lowest BCUT2D eigenvalue weighted by Gasteiger charge is -2.03. The van der Waals surface area contributed by atoms with Gasteiger partial charge in [0.1, 0.15) is 17.3 Å². The first kappa shape index (κ1) is 11.6. The van der Waals surface area contributed by atoms with Crippen molar-refractivity contribution in [3.63, 3.8) is 0 Å². The number of aryl methyl sites for hydroxylation is 1. The normalized spacial score (nSPS) is 10.8. The molecule has 0 N–H and O–H groups in total. The Bertz CT molecular complexity index is 777. The summed E-state index contributed by atoms with van der Waals surface area (Å²) in [5, 5.41) is 0. The van der Waals surface area contributed by atoms with Crippen LogP contribution in [-0.2, 0) is 0 Å². The number of benzene rings is 1. The van der Waals surface area contributed by atoms with E-state index in [0.29, 0.717) is 28.9 Å². The number of hydrogen-bond acceptors (Lipinski definition) is 2. The van der Waals surface area contributed by atoms with Gasteiger partial charge in [0.25, 0.3) is 0 Å². The minimum absolute atomic E-state index is 0.321. The Kier molecular flexibility index (Phi) is 2.63. The Labute approximate surface area is 109 Å². The molecule has 0 saturated carbocycles. The van der Waals surface area contributed by atoms with Crippen molar-refractivity contribution in [2.75, 3.05) is 0 Å². The zero-order chi connectivity index (χ0) is 13.4. The molecule has 2 heterocycles. The Morgan fingerprint density at radius 1 is 1.26 bits per heavy atom. The number of aldehydes is 1. The van der Waals surface area contributed by atoms with Crippen LogP contribution in [0.5, 0.6) is 0 Å². The van der Waals surface area contributed by atoms with Gasteiger partial charge in [0.2, 0.25) is 0 Å². The number of nitrogens with zero attached hydrogens (tertiary/aromatic N) is 2.